The molecule has 6 heteroatoms. The molecular weight excluding hydrogens is 380 g/mol. The highest BCUT2D eigenvalue weighted by atomic mass is 19.4. The predicted octanol–water partition coefficient (Wildman–Crippen LogP) is 5.68. The zero-order valence-corrected chi connectivity index (χ0v) is 16.4. The third kappa shape index (κ3) is 3.81. The molecule has 0 bridgehead atoms. The molecule has 0 radical (unpaired) electrons. The van der Waals surface area contributed by atoms with E-state index in [1.54, 1.807) is 4.57 Å². The number of likely N-dealkylation sites (N-methyl/N-ethyl adjacent to an activating group) is 1. The van der Waals surface area contributed by atoms with E-state index >= 15 is 0 Å². The van der Waals surface area contributed by atoms with Gasteiger partial charge in [-0.15, -0.1) is 0 Å². The fourth-order valence-electron chi connectivity index (χ4n) is 4.03. The van der Waals surface area contributed by atoms with E-state index in [0.717, 1.165) is 59.4 Å². The van der Waals surface area contributed by atoms with E-state index in [1.807, 2.05) is 26.1 Å². The van der Waals surface area contributed by atoms with Crippen molar-refractivity contribution >= 4 is 22.7 Å². The van der Waals surface area contributed by atoms with Crippen molar-refractivity contribution in [3.8, 4) is 0 Å². The number of aryl methyl sites for hydroxylation is 1. The average Bonchev–Trinajstić information content (AvgIpc) is 2.79. The molecule has 0 unspecified atom stereocenters. The molecule has 0 saturated carbocycles. The quantitative estimate of drug-likeness (QED) is 0.501. The van der Waals surface area contributed by atoms with Crippen molar-refractivity contribution in [2.75, 3.05) is 20.1 Å². The van der Waals surface area contributed by atoms with Crippen molar-refractivity contribution < 1.29 is 17.6 Å². The SMILES string of the molecule is Cc1ccc2c(c1)c1c(n2C=C(c2ccc(F)cc2)C(F)(F)F)CCN(C)CC1. The lowest BCUT2D eigenvalue weighted by atomic mass is 10.1. The molecule has 0 fully saturated rings. The molecule has 3 aromatic rings. The van der Waals surface area contributed by atoms with Crippen LogP contribution >= 0.6 is 0 Å². The van der Waals surface area contributed by atoms with Crippen LogP contribution in [0.5, 0.6) is 0 Å². The Morgan fingerprint density at radius 2 is 1.69 bits per heavy atom. The molecule has 152 valence electrons. The highest BCUT2D eigenvalue weighted by molar-refractivity contribution is 5.91. The van der Waals surface area contributed by atoms with Gasteiger partial charge in [0.05, 0.1) is 11.1 Å². The summed E-state index contributed by atoms with van der Waals surface area (Å²) in [5, 5.41) is 1.01. The van der Waals surface area contributed by atoms with Crippen molar-refractivity contribution in [3.05, 3.63) is 70.7 Å². The van der Waals surface area contributed by atoms with E-state index in [1.165, 1.54) is 18.3 Å². The van der Waals surface area contributed by atoms with Crippen LogP contribution in [0.1, 0.15) is 22.4 Å². The summed E-state index contributed by atoms with van der Waals surface area (Å²) in [5.41, 5.74) is 3.05. The van der Waals surface area contributed by atoms with E-state index in [9.17, 15) is 17.6 Å². The maximum atomic E-state index is 14.0. The maximum Gasteiger partial charge on any atom is 0.418 e. The molecule has 1 aliphatic heterocycles. The van der Waals surface area contributed by atoms with Gasteiger partial charge in [0.15, 0.2) is 0 Å². The van der Waals surface area contributed by atoms with Crippen molar-refractivity contribution in [3.63, 3.8) is 0 Å². The summed E-state index contributed by atoms with van der Waals surface area (Å²) in [7, 11) is 2.03. The number of benzene rings is 2. The summed E-state index contributed by atoms with van der Waals surface area (Å²) in [6.07, 6.45) is -1.92. The molecule has 4 rings (SSSR count). The Morgan fingerprint density at radius 3 is 2.38 bits per heavy atom. The minimum atomic E-state index is -4.56. The number of hydrogen-bond acceptors (Lipinski definition) is 1. The summed E-state index contributed by atoms with van der Waals surface area (Å²) < 4.78 is 56.8. The van der Waals surface area contributed by atoms with E-state index in [4.69, 9.17) is 0 Å². The zero-order chi connectivity index (χ0) is 20.8. The second-order valence-corrected chi connectivity index (χ2v) is 7.67. The summed E-state index contributed by atoms with van der Waals surface area (Å²) in [4.78, 5) is 2.19. The first-order valence-corrected chi connectivity index (χ1v) is 9.60. The minimum Gasteiger partial charge on any atom is -0.319 e. The van der Waals surface area contributed by atoms with Gasteiger partial charge in [0.2, 0.25) is 0 Å². The number of alkyl halides is 3. The molecule has 1 aromatic heterocycles. The highest BCUT2D eigenvalue weighted by Gasteiger charge is 2.35. The van der Waals surface area contributed by atoms with Gasteiger partial charge in [0, 0.05) is 36.8 Å². The predicted molar refractivity (Wildman–Crippen MR) is 108 cm³/mol. The van der Waals surface area contributed by atoms with Crippen molar-refractivity contribution in [2.24, 2.45) is 0 Å². The molecule has 2 nitrogen and oxygen atoms in total. The van der Waals surface area contributed by atoms with Gasteiger partial charge in [-0.25, -0.2) is 4.39 Å². The molecule has 0 atom stereocenters. The summed E-state index contributed by atoms with van der Waals surface area (Å²) in [6, 6.07) is 10.3. The normalized spacial score (nSPS) is 16.1. The lowest BCUT2D eigenvalue weighted by molar-refractivity contribution is -0.0684. The van der Waals surface area contributed by atoms with Gasteiger partial charge in [-0.1, -0.05) is 23.8 Å². The Labute approximate surface area is 167 Å². The number of allylic oxidation sites excluding steroid dienone is 1. The van der Waals surface area contributed by atoms with E-state index in [2.05, 4.69) is 11.0 Å². The first-order chi connectivity index (χ1) is 13.7. The van der Waals surface area contributed by atoms with Gasteiger partial charge in [0.1, 0.15) is 5.82 Å². The molecule has 0 N–H and O–H groups in total. The molecule has 1 aliphatic rings. The Kier molecular flexibility index (Phi) is 4.99. The Morgan fingerprint density at radius 1 is 1.00 bits per heavy atom. The van der Waals surface area contributed by atoms with Crippen LogP contribution < -0.4 is 0 Å². The van der Waals surface area contributed by atoms with Crippen molar-refractivity contribution in [1.29, 1.82) is 0 Å². The van der Waals surface area contributed by atoms with Gasteiger partial charge in [-0.05, 0) is 55.8 Å². The number of hydrogen-bond donors (Lipinski definition) is 0. The van der Waals surface area contributed by atoms with Crippen LogP contribution in [0.2, 0.25) is 0 Å². The molecular formula is C23H22F4N2. The number of nitrogens with zero attached hydrogens (tertiary/aromatic N) is 2. The van der Waals surface area contributed by atoms with Gasteiger partial charge < -0.3 is 9.47 Å². The van der Waals surface area contributed by atoms with Gasteiger partial charge in [-0.3, -0.25) is 0 Å². The topological polar surface area (TPSA) is 8.17 Å². The number of aromatic nitrogens is 1. The lowest BCUT2D eigenvalue weighted by Gasteiger charge is -2.15. The fourth-order valence-corrected chi connectivity index (χ4v) is 4.03. The van der Waals surface area contributed by atoms with Crippen LogP contribution in [-0.2, 0) is 12.8 Å². The smallest absolute Gasteiger partial charge is 0.319 e. The largest absolute Gasteiger partial charge is 0.418 e. The molecule has 2 heterocycles. The van der Waals surface area contributed by atoms with Gasteiger partial charge in [0.25, 0.3) is 0 Å². The van der Waals surface area contributed by atoms with Crippen LogP contribution in [0.15, 0.2) is 42.5 Å². The first-order valence-electron chi connectivity index (χ1n) is 9.60. The summed E-state index contributed by atoms with van der Waals surface area (Å²) in [6.45, 7) is 3.64. The van der Waals surface area contributed by atoms with Crippen molar-refractivity contribution in [2.45, 2.75) is 25.9 Å². The maximum absolute atomic E-state index is 14.0. The molecule has 0 spiro atoms. The molecule has 29 heavy (non-hydrogen) atoms. The Balaban J connectivity index is 1.97. The lowest BCUT2D eigenvalue weighted by Crippen LogP contribution is -2.21. The standard InChI is InChI=1S/C23H22F4N2/c1-15-3-8-21-19(13-15)18-9-11-28(2)12-10-22(18)29(21)14-20(23(25,26)27)16-4-6-17(24)7-5-16/h3-8,13-14H,9-12H2,1-2H3. The van der Waals surface area contributed by atoms with Crippen LogP contribution in [0, 0.1) is 12.7 Å². The van der Waals surface area contributed by atoms with Gasteiger partial charge >= 0.3 is 6.18 Å². The first kappa shape index (κ1) is 19.7. The molecule has 0 saturated heterocycles. The van der Waals surface area contributed by atoms with Crippen LogP contribution in [0.4, 0.5) is 17.6 Å². The van der Waals surface area contributed by atoms with Gasteiger partial charge in [-0.2, -0.15) is 13.2 Å². The van der Waals surface area contributed by atoms with Crippen molar-refractivity contribution in [1.82, 2.24) is 9.47 Å². The third-order valence-corrected chi connectivity index (χ3v) is 5.57. The molecule has 2 aromatic carbocycles. The Bertz CT molecular complexity index is 1070. The highest BCUT2D eigenvalue weighted by Crippen LogP contribution is 2.37. The molecule has 0 amide bonds. The van der Waals surface area contributed by atoms with E-state index in [-0.39, 0.29) is 5.56 Å². The van der Waals surface area contributed by atoms with Crippen LogP contribution in [0.3, 0.4) is 0 Å². The fraction of sp³-hybridized carbons (Fsp3) is 0.304. The van der Waals surface area contributed by atoms with E-state index in [0.29, 0.717) is 6.42 Å². The third-order valence-electron chi connectivity index (χ3n) is 5.57. The summed E-state index contributed by atoms with van der Waals surface area (Å²) >= 11 is 0. The number of halogens is 4. The average molecular weight is 402 g/mol. The van der Waals surface area contributed by atoms with Crippen LogP contribution in [0.25, 0.3) is 22.7 Å². The minimum absolute atomic E-state index is 0.0487. The molecule has 0 aliphatic carbocycles. The van der Waals surface area contributed by atoms with E-state index < -0.39 is 17.6 Å². The summed E-state index contributed by atoms with van der Waals surface area (Å²) in [5.74, 6) is -0.561. The monoisotopic (exact) mass is 402 g/mol. The number of fused-ring (bicyclic) bond motifs is 3. The van der Waals surface area contributed by atoms with Crippen LogP contribution in [-0.4, -0.2) is 35.8 Å². The zero-order valence-electron chi connectivity index (χ0n) is 16.4. The Hall–Kier alpha value is -2.60. The number of rotatable bonds is 2. The second kappa shape index (κ2) is 7.34. The second-order valence-electron chi connectivity index (χ2n) is 7.67.